The summed E-state index contributed by atoms with van der Waals surface area (Å²) in [5, 5.41) is 176. The minimum Gasteiger partial charge on any atom is -0.394 e. The molecular formula is C39H54N2O22S2. The average molecular weight is 967 g/mol. The molecule has 0 unspecified atom stereocenters. The van der Waals surface area contributed by atoms with Crippen LogP contribution in [0.3, 0.4) is 0 Å². The predicted octanol–water partition coefficient (Wildman–Crippen LogP) is -7.13. The number of carbonyl (C=O) groups excluding carboxylic acids is 2. The van der Waals surface area contributed by atoms with Gasteiger partial charge in [0.1, 0.15) is 103 Å². The highest BCUT2D eigenvalue weighted by Gasteiger charge is 2.67. The third kappa shape index (κ3) is 9.93. The quantitative estimate of drug-likeness (QED) is 0.0618. The van der Waals surface area contributed by atoms with E-state index in [1.54, 1.807) is 0 Å². The second-order valence-electron chi connectivity index (χ2n) is 16.3. The normalized spacial score (nSPS) is 42.3. The zero-order valence-corrected chi connectivity index (χ0v) is 35.7. The van der Waals surface area contributed by atoms with Crippen molar-refractivity contribution in [1.82, 2.24) is 0 Å². The molecule has 26 heteroatoms. The lowest BCUT2D eigenvalue weighted by molar-refractivity contribution is -0.328. The molecule has 4 saturated heterocycles. The number of thioether (sulfide) groups is 2. The number of aliphatic hydroxyl groups is 16. The maximum absolute atomic E-state index is 12.8. The van der Waals surface area contributed by atoms with E-state index in [1.165, 1.54) is 48.5 Å². The molecule has 4 fully saturated rings. The predicted molar refractivity (Wildman–Crippen MR) is 219 cm³/mol. The standard InChI is InChI=1S/C39H54N2O22S2/c42-10-20-26(48)28(50)30(52)32(62-20)36(56)14-60-22(12-44)38(58,34(36)54)64-18-5-1-16(2-6-18)40-24(46)9-25(47)41-17-3-7-19(8-4-17)65-39(59)23(13-45)61-15-37(57,35(39)55)33-31(53)29(51)27(49)21(11-43)63-33/h1-8,20-23,26-35,42-45,48-59H,9-15H2,(H,40,46)(H,41,47)/t20-,21-,22-,23-,26-,27-,28+,29+,30-,31-,32-,33-,34-,35-,36-,37-,38-,39-/m1/s1. The Balaban J connectivity index is 1.05. The number of benzene rings is 2. The Bertz CT molecular complexity index is 1810. The molecule has 6 rings (SSSR count). The number of hydrogen-bond donors (Lipinski definition) is 18. The van der Waals surface area contributed by atoms with Crippen LogP contribution >= 0.6 is 23.5 Å². The van der Waals surface area contributed by atoms with Crippen molar-refractivity contribution in [3.63, 3.8) is 0 Å². The first kappa shape index (κ1) is 51.7. The van der Waals surface area contributed by atoms with E-state index in [0.717, 1.165) is 0 Å². The average Bonchev–Trinajstić information content (AvgIpc) is 3.27. The molecule has 4 heterocycles. The highest BCUT2D eigenvalue weighted by atomic mass is 32.2. The molecule has 18 atom stereocenters. The summed E-state index contributed by atoms with van der Waals surface area (Å²) in [5.74, 6) is -1.52. The van der Waals surface area contributed by atoms with Crippen LogP contribution in [-0.2, 0) is 28.5 Å². The Hall–Kier alpha value is -2.72. The van der Waals surface area contributed by atoms with Gasteiger partial charge in [0.25, 0.3) is 0 Å². The van der Waals surface area contributed by atoms with Crippen LogP contribution in [0.2, 0.25) is 0 Å². The van der Waals surface area contributed by atoms with Crippen molar-refractivity contribution in [1.29, 1.82) is 0 Å². The summed E-state index contributed by atoms with van der Waals surface area (Å²) >= 11 is 1.06. The van der Waals surface area contributed by atoms with Crippen LogP contribution in [0.1, 0.15) is 6.42 Å². The highest BCUT2D eigenvalue weighted by Crippen LogP contribution is 2.49. The summed E-state index contributed by atoms with van der Waals surface area (Å²) in [6.45, 7) is -4.99. The molecule has 0 spiro atoms. The van der Waals surface area contributed by atoms with E-state index in [4.69, 9.17) is 18.9 Å². The van der Waals surface area contributed by atoms with Gasteiger partial charge in [-0.1, -0.05) is 23.5 Å². The zero-order valence-electron chi connectivity index (χ0n) is 34.1. The fourth-order valence-electron chi connectivity index (χ4n) is 8.19. The van der Waals surface area contributed by atoms with Crippen molar-refractivity contribution in [3.8, 4) is 0 Å². The minimum atomic E-state index is -2.64. The first-order chi connectivity index (χ1) is 30.6. The minimum absolute atomic E-state index is 0.184. The van der Waals surface area contributed by atoms with Gasteiger partial charge in [-0.25, -0.2) is 0 Å². The van der Waals surface area contributed by atoms with Crippen LogP contribution < -0.4 is 10.6 Å². The summed E-state index contributed by atoms with van der Waals surface area (Å²) in [7, 11) is 0. The molecule has 2 aromatic carbocycles. The Kier molecular flexibility index (Phi) is 16.3. The van der Waals surface area contributed by atoms with Gasteiger partial charge in [-0.2, -0.15) is 0 Å². The third-order valence-corrected chi connectivity index (χ3v) is 14.6. The summed E-state index contributed by atoms with van der Waals surface area (Å²) < 4.78 is 21.8. The molecular weight excluding hydrogens is 913 g/mol. The summed E-state index contributed by atoms with van der Waals surface area (Å²) in [4.78, 5) is 21.0. The highest BCUT2D eigenvalue weighted by molar-refractivity contribution is 8.00. The molecule has 18 N–H and O–H groups in total. The van der Waals surface area contributed by atoms with Gasteiger partial charge in [0.05, 0.1) is 39.6 Å². The molecule has 4 aliphatic rings. The number of aliphatic hydroxyl groups excluding tert-OH is 12. The second-order valence-corrected chi connectivity index (χ2v) is 18.9. The lowest BCUT2D eigenvalue weighted by Crippen LogP contribution is -2.76. The van der Waals surface area contributed by atoms with Crippen LogP contribution in [0, 0.1) is 0 Å². The Labute approximate surface area is 377 Å². The maximum Gasteiger partial charge on any atom is 0.233 e. The summed E-state index contributed by atoms with van der Waals surface area (Å²) in [6.07, 6.45) is -26.3. The van der Waals surface area contributed by atoms with Gasteiger partial charge in [0, 0.05) is 21.2 Å². The molecule has 364 valence electrons. The Morgan fingerprint density at radius 1 is 0.523 bits per heavy atom. The van der Waals surface area contributed by atoms with Crippen molar-refractivity contribution >= 4 is 46.7 Å². The molecule has 0 aromatic heterocycles. The monoisotopic (exact) mass is 966 g/mol. The number of amides is 2. The van der Waals surface area contributed by atoms with E-state index < -0.39 is 164 Å². The molecule has 0 bridgehead atoms. The Morgan fingerprint density at radius 2 is 0.862 bits per heavy atom. The second kappa shape index (κ2) is 20.5. The van der Waals surface area contributed by atoms with Crippen LogP contribution in [0.5, 0.6) is 0 Å². The van der Waals surface area contributed by atoms with Gasteiger partial charge in [-0.3, -0.25) is 9.59 Å². The molecule has 0 radical (unpaired) electrons. The van der Waals surface area contributed by atoms with E-state index in [1.807, 2.05) is 0 Å². The topological polar surface area (TPSA) is 419 Å². The number of anilines is 2. The van der Waals surface area contributed by atoms with E-state index in [2.05, 4.69) is 10.6 Å². The number of ether oxygens (including phenoxy) is 4. The fraction of sp³-hybridized carbons (Fsp3) is 0.641. The van der Waals surface area contributed by atoms with Gasteiger partial charge in [-0.15, -0.1) is 0 Å². The molecule has 65 heavy (non-hydrogen) atoms. The SMILES string of the molecule is O=C(CC(=O)Nc1ccc(S[C@@]2(O)[C@H](O)[C@](O)([C@@H]3O[C@H](CO)[C@@H](O)[C@H](O)[C@H]3O)CO[C@@H]2CO)cc1)Nc1ccc(S[C@@]2(O)[C@H](O)[C@](O)([C@@H]3O[C@H](CO)[C@@H](O)[C@H](O)[C@H]3O)CO[C@@H]2CO)cc1. The molecule has 4 aliphatic heterocycles. The van der Waals surface area contributed by atoms with Gasteiger partial charge in [0.2, 0.25) is 11.8 Å². The van der Waals surface area contributed by atoms with Gasteiger partial charge < -0.3 is 111 Å². The van der Waals surface area contributed by atoms with Crippen molar-refractivity contribution in [3.05, 3.63) is 48.5 Å². The van der Waals surface area contributed by atoms with Gasteiger partial charge in [0.15, 0.2) is 9.87 Å². The van der Waals surface area contributed by atoms with Gasteiger partial charge >= 0.3 is 0 Å². The van der Waals surface area contributed by atoms with Crippen LogP contribution in [0.15, 0.2) is 58.3 Å². The lowest BCUT2D eigenvalue weighted by atomic mass is 9.77. The van der Waals surface area contributed by atoms with E-state index in [-0.39, 0.29) is 21.2 Å². The lowest BCUT2D eigenvalue weighted by Gasteiger charge is -2.55. The number of rotatable bonds is 14. The molecule has 2 amide bonds. The molecule has 0 aliphatic carbocycles. The van der Waals surface area contributed by atoms with E-state index in [9.17, 15) is 91.3 Å². The van der Waals surface area contributed by atoms with Crippen molar-refractivity contribution in [2.75, 3.05) is 50.3 Å². The number of carbonyl (C=O) groups is 2. The van der Waals surface area contributed by atoms with Crippen LogP contribution in [0.25, 0.3) is 0 Å². The molecule has 0 saturated carbocycles. The van der Waals surface area contributed by atoms with Crippen molar-refractivity contribution < 1.29 is 110 Å². The maximum atomic E-state index is 12.8. The Morgan fingerprint density at radius 3 is 1.17 bits per heavy atom. The van der Waals surface area contributed by atoms with Gasteiger partial charge in [-0.05, 0) is 48.5 Å². The van der Waals surface area contributed by atoms with Crippen LogP contribution in [-0.4, -0.2) is 240 Å². The smallest absolute Gasteiger partial charge is 0.233 e. The third-order valence-electron chi connectivity index (χ3n) is 11.9. The number of nitrogens with one attached hydrogen (secondary N) is 2. The van der Waals surface area contributed by atoms with Crippen molar-refractivity contribution in [2.45, 2.75) is 123 Å². The largest absolute Gasteiger partial charge is 0.394 e. The zero-order chi connectivity index (χ0) is 47.8. The summed E-state index contributed by atoms with van der Waals surface area (Å²) in [6, 6.07) is 11.0. The van der Waals surface area contributed by atoms with Crippen LogP contribution in [0.4, 0.5) is 11.4 Å². The fourth-order valence-corrected chi connectivity index (χ4v) is 10.7. The van der Waals surface area contributed by atoms with E-state index >= 15 is 0 Å². The first-order valence-electron chi connectivity index (χ1n) is 20.1. The molecule has 24 nitrogen and oxygen atoms in total. The van der Waals surface area contributed by atoms with Crippen molar-refractivity contribution in [2.24, 2.45) is 0 Å². The van der Waals surface area contributed by atoms with E-state index in [0.29, 0.717) is 23.5 Å². The molecule has 2 aromatic rings. The first-order valence-corrected chi connectivity index (χ1v) is 21.7. The summed E-state index contributed by atoms with van der Waals surface area (Å²) in [5.41, 5.74) is -4.92. The number of hydrogen-bond acceptors (Lipinski definition) is 24.